The largest absolute Gasteiger partial charge is 0.508 e. The van der Waals surface area contributed by atoms with Crippen molar-refractivity contribution in [2.24, 2.45) is 5.73 Å². The second-order valence-corrected chi connectivity index (χ2v) is 8.02. The zero-order valence-corrected chi connectivity index (χ0v) is 18.4. The molecule has 9 heteroatoms. The van der Waals surface area contributed by atoms with E-state index in [-0.39, 0.29) is 36.0 Å². The summed E-state index contributed by atoms with van der Waals surface area (Å²) >= 11 is 0. The third kappa shape index (κ3) is 6.55. The Hall–Kier alpha value is -3.88. The SMILES string of the molecule is CC(=O)OC1CCN(C(=O)C(Cc2ccc(O)cc2)NC(=O)c2ccc(C(=N)N)cc2)CC1. The number of hydrogen-bond donors (Lipinski definition) is 4. The van der Waals surface area contributed by atoms with E-state index in [1.54, 1.807) is 41.3 Å². The van der Waals surface area contributed by atoms with E-state index in [0.29, 0.717) is 37.1 Å². The number of nitrogens with two attached hydrogens (primary N) is 1. The van der Waals surface area contributed by atoms with Gasteiger partial charge in [-0.3, -0.25) is 19.8 Å². The third-order valence-corrected chi connectivity index (χ3v) is 5.52. The Morgan fingerprint density at radius 2 is 1.67 bits per heavy atom. The van der Waals surface area contributed by atoms with Gasteiger partial charge < -0.3 is 25.8 Å². The number of piperidine rings is 1. The third-order valence-electron chi connectivity index (χ3n) is 5.52. The van der Waals surface area contributed by atoms with Crippen LogP contribution < -0.4 is 11.1 Å². The molecule has 2 aromatic rings. The average molecular weight is 453 g/mol. The lowest BCUT2D eigenvalue weighted by atomic mass is 10.0. The zero-order chi connectivity index (χ0) is 24.0. The molecule has 0 spiro atoms. The van der Waals surface area contributed by atoms with E-state index in [9.17, 15) is 19.5 Å². The van der Waals surface area contributed by atoms with Crippen molar-refractivity contribution in [2.75, 3.05) is 13.1 Å². The minimum Gasteiger partial charge on any atom is -0.508 e. The summed E-state index contributed by atoms with van der Waals surface area (Å²) in [5.41, 5.74) is 7.09. The summed E-state index contributed by atoms with van der Waals surface area (Å²) in [6, 6.07) is 11.9. The lowest BCUT2D eigenvalue weighted by Crippen LogP contribution is -2.52. The molecule has 1 aliphatic heterocycles. The molecule has 0 aromatic heterocycles. The Morgan fingerprint density at radius 3 is 2.21 bits per heavy atom. The van der Waals surface area contributed by atoms with Gasteiger partial charge in [0.05, 0.1) is 0 Å². The van der Waals surface area contributed by atoms with Crippen LogP contribution in [0.4, 0.5) is 0 Å². The molecule has 1 aliphatic rings. The first-order valence-corrected chi connectivity index (χ1v) is 10.7. The number of phenolic OH excluding ortho intramolecular Hbond substituents is 1. The Bertz CT molecular complexity index is 1010. The highest BCUT2D eigenvalue weighted by Gasteiger charge is 2.30. The molecular formula is C24H28N4O5. The van der Waals surface area contributed by atoms with Gasteiger partial charge in [0.2, 0.25) is 5.91 Å². The topological polar surface area (TPSA) is 146 Å². The standard InChI is InChI=1S/C24H28N4O5/c1-15(29)33-20-10-12-28(13-11-20)24(32)21(14-16-2-8-19(30)9-3-16)27-23(31)18-6-4-17(5-7-18)22(25)26/h2-9,20-21,30H,10-14H2,1H3,(H3,25,26)(H,27,31). The predicted molar refractivity (Wildman–Crippen MR) is 122 cm³/mol. The fraction of sp³-hybridized carbons (Fsp3) is 0.333. The van der Waals surface area contributed by atoms with Gasteiger partial charge in [0, 0.05) is 50.4 Å². The fourth-order valence-electron chi connectivity index (χ4n) is 3.76. The summed E-state index contributed by atoms with van der Waals surface area (Å²) in [4.78, 5) is 39.1. The number of rotatable bonds is 7. The quantitative estimate of drug-likeness (QED) is 0.285. The number of carbonyl (C=O) groups excluding carboxylic acids is 3. The van der Waals surface area contributed by atoms with Crippen molar-refractivity contribution in [3.8, 4) is 5.75 Å². The summed E-state index contributed by atoms with van der Waals surface area (Å²) < 4.78 is 5.24. The summed E-state index contributed by atoms with van der Waals surface area (Å²) in [5, 5.41) is 19.8. The van der Waals surface area contributed by atoms with Gasteiger partial charge in [-0.05, 0) is 29.8 Å². The van der Waals surface area contributed by atoms with Crippen LogP contribution in [-0.2, 0) is 20.7 Å². The van der Waals surface area contributed by atoms with Gasteiger partial charge in [0.15, 0.2) is 0 Å². The zero-order valence-electron chi connectivity index (χ0n) is 18.4. The first-order valence-electron chi connectivity index (χ1n) is 10.7. The van der Waals surface area contributed by atoms with Gasteiger partial charge in [-0.1, -0.05) is 24.3 Å². The van der Waals surface area contributed by atoms with Crippen molar-refractivity contribution in [3.63, 3.8) is 0 Å². The second kappa shape index (κ2) is 10.6. The summed E-state index contributed by atoms with van der Waals surface area (Å²) in [6.07, 6.45) is 1.12. The van der Waals surface area contributed by atoms with E-state index < -0.39 is 11.9 Å². The van der Waals surface area contributed by atoms with E-state index in [1.807, 2.05) is 0 Å². The van der Waals surface area contributed by atoms with Crippen LogP contribution in [0.15, 0.2) is 48.5 Å². The lowest BCUT2D eigenvalue weighted by Gasteiger charge is -2.34. The fourth-order valence-corrected chi connectivity index (χ4v) is 3.76. The molecule has 0 aliphatic carbocycles. The molecule has 0 bridgehead atoms. The number of nitrogen functional groups attached to an aromatic ring is 1. The molecular weight excluding hydrogens is 424 g/mol. The Balaban J connectivity index is 1.73. The van der Waals surface area contributed by atoms with E-state index in [1.165, 1.54) is 19.1 Å². The van der Waals surface area contributed by atoms with Crippen LogP contribution in [0, 0.1) is 5.41 Å². The van der Waals surface area contributed by atoms with Gasteiger partial charge in [0.25, 0.3) is 5.91 Å². The van der Waals surface area contributed by atoms with Gasteiger partial charge in [-0.25, -0.2) is 0 Å². The molecule has 9 nitrogen and oxygen atoms in total. The Morgan fingerprint density at radius 1 is 1.09 bits per heavy atom. The minimum absolute atomic E-state index is 0.0977. The van der Waals surface area contributed by atoms with Crippen LogP contribution in [-0.4, -0.2) is 58.9 Å². The number of hydrogen-bond acceptors (Lipinski definition) is 6. The lowest BCUT2D eigenvalue weighted by molar-refractivity contribution is -0.149. The Labute approximate surface area is 192 Å². The first-order chi connectivity index (χ1) is 15.7. The van der Waals surface area contributed by atoms with Crippen LogP contribution in [0.5, 0.6) is 5.75 Å². The molecule has 3 rings (SSSR count). The van der Waals surface area contributed by atoms with E-state index >= 15 is 0 Å². The summed E-state index contributed by atoms with van der Waals surface area (Å²) in [5.74, 6) is -0.966. The number of amides is 2. The Kier molecular flexibility index (Phi) is 7.66. The number of ether oxygens (including phenoxy) is 1. The van der Waals surface area contributed by atoms with Gasteiger partial charge in [0.1, 0.15) is 23.7 Å². The number of carbonyl (C=O) groups is 3. The van der Waals surface area contributed by atoms with Crippen molar-refractivity contribution in [2.45, 2.75) is 38.3 Å². The molecule has 1 saturated heterocycles. The monoisotopic (exact) mass is 452 g/mol. The van der Waals surface area contributed by atoms with Crippen LogP contribution in [0.2, 0.25) is 0 Å². The van der Waals surface area contributed by atoms with Gasteiger partial charge in [-0.15, -0.1) is 0 Å². The van der Waals surface area contributed by atoms with Crippen LogP contribution >= 0.6 is 0 Å². The molecule has 5 N–H and O–H groups in total. The van der Waals surface area contributed by atoms with E-state index in [0.717, 1.165) is 5.56 Å². The second-order valence-electron chi connectivity index (χ2n) is 8.02. The number of likely N-dealkylation sites (tertiary alicyclic amines) is 1. The van der Waals surface area contributed by atoms with E-state index in [2.05, 4.69) is 5.32 Å². The highest BCUT2D eigenvalue weighted by Crippen LogP contribution is 2.17. The maximum absolute atomic E-state index is 13.3. The summed E-state index contributed by atoms with van der Waals surface area (Å²) in [7, 11) is 0. The van der Waals surface area contributed by atoms with Crippen LogP contribution in [0.1, 0.15) is 41.3 Å². The van der Waals surface area contributed by atoms with Crippen LogP contribution in [0.3, 0.4) is 0 Å². The number of nitrogens with zero attached hydrogens (tertiary/aromatic N) is 1. The number of benzene rings is 2. The number of aromatic hydroxyl groups is 1. The average Bonchev–Trinajstić information content (AvgIpc) is 2.79. The molecule has 0 radical (unpaired) electrons. The highest BCUT2D eigenvalue weighted by atomic mass is 16.5. The van der Waals surface area contributed by atoms with Crippen LogP contribution in [0.25, 0.3) is 0 Å². The first kappa shape index (κ1) is 23.8. The van der Waals surface area contributed by atoms with Crippen molar-refractivity contribution in [3.05, 3.63) is 65.2 Å². The highest BCUT2D eigenvalue weighted by molar-refractivity contribution is 5.99. The van der Waals surface area contributed by atoms with Crippen molar-refractivity contribution < 1.29 is 24.2 Å². The number of amidine groups is 1. The van der Waals surface area contributed by atoms with Crippen molar-refractivity contribution >= 4 is 23.6 Å². The molecule has 1 heterocycles. The smallest absolute Gasteiger partial charge is 0.302 e. The van der Waals surface area contributed by atoms with Gasteiger partial charge >= 0.3 is 5.97 Å². The van der Waals surface area contributed by atoms with Crippen molar-refractivity contribution in [1.82, 2.24) is 10.2 Å². The molecule has 2 aromatic carbocycles. The number of phenols is 1. The van der Waals surface area contributed by atoms with Crippen molar-refractivity contribution in [1.29, 1.82) is 5.41 Å². The number of esters is 1. The number of nitrogens with one attached hydrogen (secondary N) is 2. The maximum Gasteiger partial charge on any atom is 0.302 e. The molecule has 174 valence electrons. The molecule has 33 heavy (non-hydrogen) atoms. The minimum atomic E-state index is -0.820. The predicted octanol–water partition coefficient (Wildman–Crippen LogP) is 1.57. The normalized spacial score (nSPS) is 14.9. The summed E-state index contributed by atoms with van der Waals surface area (Å²) in [6.45, 7) is 2.21. The van der Waals surface area contributed by atoms with Gasteiger partial charge in [-0.2, -0.15) is 0 Å². The molecule has 1 fully saturated rings. The molecule has 2 amide bonds. The molecule has 1 unspecified atom stereocenters. The molecule has 0 saturated carbocycles. The van der Waals surface area contributed by atoms with E-state index in [4.69, 9.17) is 15.9 Å². The molecule has 1 atom stereocenters. The maximum atomic E-state index is 13.3.